The topological polar surface area (TPSA) is 67.8 Å². The highest BCUT2D eigenvalue weighted by molar-refractivity contribution is 7.14. The summed E-state index contributed by atoms with van der Waals surface area (Å²) in [5, 5.41) is 15.8. The standard InChI is InChI=1S/C24H25NO4S/c1-14(24(26)27)13-19-15(2)23(29-5)21(16(3)22(19)28-4)17-8-10-18(11-9-17)25-20-7-6-12-30-20/h6-13,25H,1-5H3,(H,26,27)/b14-13+. The maximum absolute atomic E-state index is 11.3. The summed E-state index contributed by atoms with van der Waals surface area (Å²) in [5.74, 6) is 0.382. The van der Waals surface area contributed by atoms with Gasteiger partial charge < -0.3 is 19.9 Å². The molecule has 1 heterocycles. The monoisotopic (exact) mass is 423 g/mol. The molecule has 0 saturated heterocycles. The largest absolute Gasteiger partial charge is 0.496 e. The van der Waals surface area contributed by atoms with E-state index in [4.69, 9.17) is 9.47 Å². The van der Waals surface area contributed by atoms with Crippen LogP contribution in [0.15, 0.2) is 47.4 Å². The van der Waals surface area contributed by atoms with Crippen LogP contribution < -0.4 is 14.8 Å². The van der Waals surface area contributed by atoms with Crippen molar-refractivity contribution >= 4 is 34.1 Å². The van der Waals surface area contributed by atoms with Crippen molar-refractivity contribution in [1.82, 2.24) is 0 Å². The number of nitrogens with one attached hydrogen (secondary N) is 1. The second-order valence-electron chi connectivity index (χ2n) is 6.92. The maximum Gasteiger partial charge on any atom is 0.331 e. The Hall–Kier alpha value is -3.25. The summed E-state index contributed by atoms with van der Waals surface area (Å²) in [5.41, 5.74) is 5.59. The molecule has 3 aromatic rings. The van der Waals surface area contributed by atoms with Crippen LogP contribution in [0.5, 0.6) is 11.5 Å². The molecule has 0 atom stereocenters. The predicted octanol–water partition coefficient (Wildman–Crippen LogP) is 6.28. The van der Waals surface area contributed by atoms with Gasteiger partial charge in [-0.05, 0) is 62.1 Å². The van der Waals surface area contributed by atoms with Gasteiger partial charge in [0.1, 0.15) is 11.5 Å². The van der Waals surface area contributed by atoms with E-state index in [0.29, 0.717) is 17.1 Å². The van der Waals surface area contributed by atoms with Gasteiger partial charge in [0.05, 0.1) is 19.2 Å². The Morgan fingerprint density at radius 1 is 1.03 bits per heavy atom. The highest BCUT2D eigenvalue weighted by atomic mass is 32.1. The van der Waals surface area contributed by atoms with Crippen LogP contribution in [0, 0.1) is 13.8 Å². The van der Waals surface area contributed by atoms with E-state index in [1.165, 1.54) is 0 Å². The summed E-state index contributed by atoms with van der Waals surface area (Å²) in [6.45, 7) is 5.44. The van der Waals surface area contributed by atoms with Crippen molar-refractivity contribution in [3.63, 3.8) is 0 Å². The van der Waals surface area contributed by atoms with E-state index in [0.717, 1.165) is 32.9 Å². The average molecular weight is 424 g/mol. The fourth-order valence-electron chi connectivity index (χ4n) is 3.50. The number of benzene rings is 2. The Morgan fingerprint density at radius 2 is 1.70 bits per heavy atom. The van der Waals surface area contributed by atoms with Crippen molar-refractivity contribution in [3.8, 4) is 22.6 Å². The molecule has 0 aliphatic rings. The molecule has 0 aliphatic heterocycles. The maximum atomic E-state index is 11.3. The number of hydrogen-bond donors (Lipinski definition) is 2. The van der Waals surface area contributed by atoms with Gasteiger partial charge in [-0.25, -0.2) is 4.79 Å². The molecule has 0 unspecified atom stereocenters. The van der Waals surface area contributed by atoms with Crippen LogP contribution >= 0.6 is 11.3 Å². The summed E-state index contributed by atoms with van der Waals surface area (Å²) in [4.78, 5) is 11.3. The number of carbonyl (C=O) groups is 1. The number of hydrogen-bond acceptors (Lipinski definition) is 5. The number of aliphatic carboxylic acids is 1. The highest BCUT2D eigenvalue weighted by Gasteiger charge is 2.22. The quantitative estimate of drug-likeness (QED) is 0.438. The van der Waals surface area contributed by atoms with Gasteiger partial charge in [0, 0.05) is 33.5 Å². The fourth-order valence-corrected chi connectivity index (χ4v) is 4.13. The molecule has 0 bridgehead atoms. The average Bonchev–Trinajstić information content (AvgIpc) is 3.24. The third-order valence-electron chi connectivity index (χ3n) is 5.00. The second kappa shape index (κ2) is 9.05. The van der Waals surface area contributed by atoms with Crippen LogP contribution in [0.2, 0.25) is 0 Å². The summed E-state index contributed by atoms with van der Waals surface area (Å²) in [6.07, 6.45) is 1.63. The minimum atomic E-state index is -0.967. The van der Waals surface area contributed by atoms with Crippen LogP contribution in [0.4, 0.5) is 10.7 Å². The summed E-state index contributed by atoms with van der Waals surface area (Å²) in [7, 11) is 3.22. The van der Waals surface area contributed by atoms with Gasteiger partial charge in [-0.3, -0.25) is 0 Å². The fraction of sp³-hybridized carbons (Fsp3) is 0.208. The zero-order valence-electron chi connectivity index (χ0n) is 17.7. The van der Waals surface area contributed by atoms with Gasteiger partial charge in [0.15, 0.2) is 0 Å². The first-order valence-electron chi connectivity index (χ1n) is 9.45. The van der Waals surface area contributed by atoms with Gasteiger partial charge in [-0.15, -0.1) is 11.3 Å². The lowest BCUT2D eigenvalue weighted by atomic mass is 9.91. The van der Waals surface area contributed by atoms with Crippen molar-refractivity contribution in [2.45, 2.75) is 20.8 Å². The summed E-state index contributed by atoms with van der Waals surface area (Å²) >= 11 is 1.65. The third kappa shape index (κ3) is 4.19. The molecule has 30 heavy (non-hydrogen) atoms. The van der Waals surface area contributed by atoms with Crippen LogP contribution in [0.3, 0.4) is 0 Å². The van der Waals surface area contributed by atoms with E-state index in [2.05, 4.69) is 5.32 Å². The number of methoxy groups -OCH3 is 2. The normalized spacial score (nSPS) is 11.3. The van der Waals surface area contributed by atoms with E-state index >= 15 is 0 Å². The van der Waals surface area contributed by atoms with Crippen LogP contribution in [-0.4, -0.2) is 25.3 Å². The molecule has 0 radical (unpaired) electrons. The number of ether oxygens (including phenoxy) is 2. The molecule has 0 spiro atoms. The number of carboxylic acids is 1. The summed E-state index contributed by atoms with van der Waals surface area (Å²) in [6, 6.07) is 12.2. The first-order valence-corrected chi connectivity index (χ1v) is 10.3. The lowest BCUT2D eigenvalue weighted by Gasteiger charge is -2.21. The molecule has 156 valence electrons. The molecule has 0 saturated carbocycles. The smallest absolute Gasteiger partial charge is 0.331 e. The zero-order chi connectivity index (χ0) is 21.8. The number of carboxylic acid groups (broad SMARTS) is 1. The van der Waals surface area contributed by atoms with Gasteiger partial charge in [-0.2, -0.15) is 0 Å². The van der Waals surface area contributed by atoms with E-state index in [-0.39, 0.29) is 5.57 Å². The Kier molecular flexibility index (Phi) is 6.47. The molecule has 0 aliphatic carbocycles. The van der Waals surface area contributed by atoms with Crippen LogP contribution in [0.25, 0.3) is 17.2 Å². The zero-order valence-corrected chi connectivity index (χ0v) is 18.5. The van der Waals surface area contributed by atoms with Crippen molar-refractivity contribution in [3.05, 3.63) is 64.0 Å². The number of rotatable bonds is 7. The molecule has 6 heteroatoms. The Morgan fingerprint density at radius 3 is 2.23 bits per heavy atom. The van der Waals surface area contributed by atoms with Crippen molar-refractivity contribution in [1.29, 1.82) is 0 Å². The molecule has 5 nitrogen and oxygen atoms in total. The van der Waals surface area contributed by atoms with Gasteiger partial charge >= 0.3 is 5.97 Å². The third-order valence-corrected chi connectivity index (χ3v) is 5.79. The molecule has 3 rings (SSSR count). The number of thiophene rings is 1. The molecule has 1 aromatic heterocycles. The molecule has 0 amide bonds. The van der Waals surface area contributed by atoms with Crippen molar-refractivity contribution in [2.75, 3.05) is 19.5 Å². The molecular formula is C24H25NO4S. The van der Waals surface area contributed by atoms with Gasteiger partial charge in [0.25, 0.3) is 0 Å². The van der Waals surface area contributed by atoms with E-state index in [9.17, 15) is 9.90 Å². The molecular weight excluding hydrogens is 398 g/mol. The molecule has 2 aromatic carbocycles. The minimum absolute atomic E-state index is 0.231. The Bertz CT molecular complexity index is 1080. The summed E-state index contributed by atoms with van der Waals surface area (Å²) < 4.78 is 11.5. The van der Waals surface area contributed by atoms with E-state index in [1.807, 2.05) is 55.6 Å². The van der Waals surface area contributed by atoms with Crippen LogP contribution in [-0.2, 0) is 4.79 Å². The Labute approximate surface area is 180 Å². The van der Waals surface area contributed by atoms with Gasteiger partial charge in [0.2, 0.25) is 0 Å². The van der Waals surface area contributed by atoms with Crippen LogP contribution in [0.1, 0.15) is 23.6 Å². The molecule has 2 N–H and O–H groups in total. The lowest BCUT2D eigenvalue weighted by molar-refractivity contribution is -0.132. The minimum Gasteiger partial charge on any atom is -0.496 e. The number of anilines is 2. The SMILES string of the molecule is COc1c(C)c(-c2ccc(Nc3cccs3)cc2)c(OC)c(C)c1/C=C(\C)C(=O)O. The first kappa shape index (κ1) is 21.5. The Balaban J connectivity index is 2.12. The first-order chi connectivity index (χ1) is 14.4. The highest BCUT2D eigenvalue weighted by Crippen LogP contribution is 2.45. The van der Waals surface area contributed by atoms with Crippen molar-refractivity contribution in [2.24, 2.45) is 0 Å². The predicted molar refractivity (Wildman–Crippen MR) is 123 cm³/mol. The second-order valence-corrected chi connectivity index (χ2v) is 7.87. The van der Waals surface area contributed by atoms with E-state index < -0.39 is 5.97 Å². The van der Waals surface area contributed by atoms with Gasteiger partial charge in [-0.1, -0.05) is 12.1 Å². The van der Waals surface area contributed by atoms with E-state index in [1.54, 1.807) is 38.6 Å². The molecule has 0 fully saturated rings. The van der Waals surface area contributed by atoms with Crippen molar-refractivity contribution < 1.29 is 19.4 Å². The lowest BCUT2D eigenvalue weighted by Crippen LogP contribution is -2.03.